The molecule has 0 bridgehead atoms. The molecule has 12 rings (SSSR count). The van der Waals surface area contributed by atoms with Crippen molar-refractivity contribution in [1.29, 1.82) is 0 Å². The van der Waals surface area contributed by atoms with Crippen molar-refractivity contribution in [2.24, 2.45) is 0 Å². The summed E-state index contributed by atoms with van der Waals surface area (Å²) in [5.74, 6) is 1.69. The third-order valence-electron chi connectivity index (χ3n) is 13.2. The van der Waals surface area contributed by atoms with Crippen LogP contribution < -0.4 is 14.5 Å². The average Bonchev–Trinajstić information content (AvgIpc) is 3.59. The molecule has 10 aromatic carbocycles. The van der Waals surface area contributed by atoms with E-state index in [1.165, 1.54) is 50.2 Å². The van der Waals surface area contributed by atoms with Gasteiger partial charge in [-0.25, -0.2) is 0 Å². The summed E-state index contributed by atoms with van der Waals surface area (Å²) in [7, 11) is 0. The molecule has 1 heterocycles. The zero-order valence-electron chi connectivity index (χ0n) is 35.7. The van der Waals surface area contributed by atoms with Crippen molar-refractivity contribution in [3.8, 4) is 56.0 Å². The Morgan fingerprint density at radius 1 is 0.344 bits per heavy atom. The summed E-state index contributed by atoms with van der Waals surface area (Å²) in [5, 5.41) is 2.24. The van der Waals surface area contributed by atoms with Crippen LogP contribution in [-0.2, 0) is 5.41 Å². The molecular weight excluding hydrogens is 777 g/mol. The number of para-hydroxylation sites is 2. The van der Waals surface area contributed by atoms with E-state index in [9.17, 15) is 0 Å². The van der Waals surface area contributed by atoms with Crippen LogP contribution in [0.5, 0.6) is 11.5 Å². The first-order chi connectivity index (χ1) is 31.5. The average molecular weight is 821 g/mol. The second kappa shape index (κ2) is 15.0. The van der Waals surface area contributed by atoms with Gasteiger partial charge in [-0.05, 0) is 117 Å². The van der Waals surface area contributed by atoms with Gasteiger partial charge in [0.2, 0.25) is 0 Å². The maximum atomic E-state index is 6.96. The first-order valence-electron chi connectivity index (χ1n) is 22.1. The number of hydrogen-bond donors (Lipinski definition) is 0. The first kappa shape index (κ1) is 37.6. The Balaban J connectivity index is 0.998. The largest absolute Gasteiger partial charge is 0.456 e. The molecule has 0 fully saturated rings. The summed E-state index contributed by atoms with van der Waals surface area (Å²) in [6.45, 7) is 4.74. The van der Waals surface area contributed by atoms with E-state index in [0.29, 0.717) is 0 Å². The van der Waals surface area contributed by atoms with Crippen LogP contribution in [0.1, 0.15) is 25.0 Å². The summed E-state index contributed by atoms with van der Waals surface area (Å²) in [6.07, 6.45) is 0. The second-order valence-electron chi connectivity index (χ2n) is 17.3. The molecular formula is C61H44N2O. The fourth-order valence-corrected chi connectivity index (χ4v) is 10.2. The van der Waals surface area contributed by atoms with Gasteiger partial charge in [0.05, 0.1) is 11.4 Å². The first-order valence-corrected chi connectivity index (χ1v) is 22.1. The molecule has 10 aromatic rings. The predicted octanol–water partition coefficient (Wildman–Crippen LogP) is 17.2. The van der Waals surface area contributed by atoms with E-state index in [1.807, 2.05) is 0 Å². The molecule has 2 aliphatic rings. The lowest BCUT2D eigenvalue weighted by Crippen LogP contribution is -2.21. The Bertz CT molecular complexity index is 3320. The minimum absolute atomic E-state index is 0.222. The number of anilines is 6. The molecule has 0 aromatic heterocycles. The smallest absolute Gasteiger partial charge is 0.137 e. The maximum absolute atomic E-state index is 6.96. The number of rotatable bonds is 8. The molecule has 0 unspecified atom stereocenters. The standard InChI is InChI=1S/C61H44N2O/c1-61(2)54-26-13-12-22-49(54)52-24-15-27-56(60(52)61)63(47-34-32-44(33-35-47)43-30-28-42(29-31-43)41-16-6-3-7-17-41)55-38-39-57-59-51(23-14-25-53(55)59)50-37-36-48(40-58(50)64-57)62(45-18-8-4-9-19-45)46-20-10-5-11-21-46/h3-40H,1-2H3. The van der Waals surface area contributed by atoms with Crippen molar-refractivity contribution in [1.82, 2.24) is 0 Å². The maximum Gasteiger partial charge on any atom is 0.137 e. The summed E-state index contributed by atoms with van der Waals surface area (Å²) in [4.78, 5) is 4.76. The SMILES string of the molecule is CC1(C)c2ccccc2-c2cccc(N(c3ccc(-c4ccc(-c5ccccc5)cc4)cc3)c3ccc4c5c(cccc35)-c3ccc(N(c5ccccc5)c5ccccc5)cc3O4)c21. The number of benzene rings is 10. The van der Waals surface area contributed by atoms with E-state index in [1.54, 1.807) is 0 Å². The predicted molar refractivity (Wildman–Crippen MR) is 267 cm³/mol. The number of hydrogen-bond acceptors (Lipinski definition) is 3. The lowest BCUT2D eigenvalue weighted by atomic mass is 9.81. The lowest BCUT2D eigenvalue weighted by molar-refractivity contribution is 0.487. The zero-order chi connectivity index (χ0) is 42.8. The topological polar surface area (TPSA) is 15.7 Å². The molecule has 0 saturated carbocycles. The molecule has 0 radical (unpaired) electrons. The lowest BCUT2D eigenvalue weighted by Gasteiger charge is -2.34. The van der Waals surface area contributed by atoms with Gasteiger partial charge < -0.3 is 14.5 Å². The number of ether oxygens (including phenoxy) is 1. The van der Waals surface area contributed by atoms with Crippen molar-refractivity contribution < 1.29 is 4.74 Å². The van der Waals surface area contributed by atoms with Gasteiger partial charge >= 0.3 is 0 Å². The van der Waals surface area contributed by atoms with Gasteiger partial charge in [0.15, 0.2) is 0 Å². The van der Waals surface area contributed by atoms with Gasteiger partial charge in [-0.2, -0.15) is 0 Å². The fourth-order valence-electron chi connectivity index (χ4n) is 10.2. The van der Waals surface area contributed by atoms with Crippen LogP contribution in [0.3, 0.4) is 0 Å². The van der Waals surface area contributed by atoms with Crippen LogP contribution in [0.4, 0.5) is 34.1 Å². The third-order valence-corrected chi connectivity index (χ3v) is 13.2. The van der Waals surface area contributed by atoms with Crippen LogP contribution in [0.2, 0.25) is 0 Å². The summed E-state index contributed by atoms with van der Waals surface area (Å²) >= 11 is 0. The molecule has 64 heavy (non-hydrogen) atoms. The highest BCUT2D eigenvalue weighted by Gasteiger charge is 2.39. The Morgan fingerprint density at radius 2 is 0.875 bits per heavy atom. The highest BCUT2D eigenvalue weighted by Crippen LogP contribution is 2.56. The van der Waals surface area contributed by atoms with E-state index >= 15 is 0 Å². The second-order valence-corrected chi connectivity index (χ2v) is 17.3. The molecule has 0 spiro atoms. The van der Waals surface area contributed by atoms with Crippen LogP contribution in [0.15, 0.2) is 231 Å². The van der Waals surface area contributed by atoms with Crippen LogP contribution in [-0.4, -0.2) is 0 Å². The van der Waals surface area contributed by atoms with E-state index in [2.05, 4.69) is 254 Å². The summed E-state index contributed by atoms with van der Waals surface area (Å²) < 4.78 is 6.96. The molecule has 0 amide bonds. The van der Waals surface area contributed by atoms with Gasteiger partial charge in [-0.1, -0.05) is 172 Å². The molecule has 0 atom stereocenters. The van der Waals surface area contributed by atoms with Crippen molar-refractivity contribution in [2.75, 3.05) is 9.80 Å². The summed E-state index contributed by atoms with van der Waals surface area (Å²) in [6, 6.07) is 83.0. The van der Waals surface area contributed by atoms with Crippen molar-refractivity contribution >= 4 is 44.9 Å². The fraction of sp³-hybridized carbons (Fsp3) is 0.0492. The van der Waals surface area contributed by atoms with Crippen LogP contribution in [0, 0.1) is 0 Å². The molecule has 1 aliphatic carbocycles. The Kier molecular flexibility index (Phi) is 8.84. The molecule has 3 heteroatoms. The van der Waals surface area contributed by atoms with Gasteiger partial charge in [-0.15, -0.1) is 0 Å². The molecule has 3 nitrogen and oxygen atoms in total. The molecule has 304 valence electrons. The van der Waals surface area contributed by atoms with E-state index in [-0.39, 0.29) is 5.41 Å². The Morgan fingerprint density at radius 3 is 1.56 bits per heavy atom. The van der Waals surface area contributed by atoms with E-state index in [0.717, 1.165) is 61.8 Å². The van der Waals surface area contributed by atoms with Crippen molar-refractivity contribution in [3.63, 3.8) is 0 Å². The number of nitrogens with zero attached hydrogens (tertiary/aromatic N) is 2. The Labute approximate surface area is 374 Å². The monoisotopic (exact) mass is 820 g/mol. The van der Waals surface area contributed by atoms with E-state index < -0.39 is 0 Å². The number of fused-ring (bicyclic) bond motifs is 5. The van der Waals surface area contributed by atoms with Crippen LogP contribution >= 0.6 is 0 Å². The molecule has 0 saturated heterocycles. The van der Waals surface area contributed by atoms with Crippen molar-refractivity contribution in [3.05, 3.63) is 242 Å². The minimum atomic E-state index is -0.222. The van der Waals surface area contributed by atoms with Gasteiger partial charge in [0.1, 0.15) is 11.5 Å². The van der Waals surface area contributed by atoms with Gasteiger partial charge in [0, 0.05) is 50.6 Å². The van der Waals surface area contributed by atoms with Crippen molar-refractivity contribution in [2.45, 2.75) is 19.3 Å². The van der Waals surface area contributed by atoms with Gasteiger partial charge in [0.25, 0.3) is 0 Å². The highest BCUT2D eigenvalue weighted by molar-refractivity contribution is 6.11. The third kappa shape index (κ3) is 6.12. The van der Waals surface area contributed by atoms with E-state index in [4.69, 9.17) is 4.74 Å². The zero-order valence-corrected chi connectivity index (χ0v) is 35.7. The molecule has 1 aliphatic heterocycles. The Hall–Kier alpha value is -8.14. The summed E-state index contributed by atoms with van der Waals surface area (Å²) in [5.41, 5.74) is 18.6. The quantitative estimate of drug-likeness (QED) is 0.152. The van der Waals surface area contributed by atoms with Gasteiger partial charge in [-0.3, -0.25) is 0 Å². The van der Waals surface area contributed by atoms with Crippen LogP contribution in [0.25, 0.3) is 55.3 Å². The highest BCUT2D eigenvalue weighted by atomic mass is 16.5. The normalized spacial score (nSPS) is 12.8. The minimum Gasteiger partial charge on any atom is -0.456 e. The molecule has 0 N–H and O–H groups in total.